The zero-order valence-corrected chi connectivity index (χ0v) is 10.8. The molecule has 0 unspecified atom stereocenters. The van der Waals surface area contributed by atoms with Crippen molar-refractivity contribution in [3.8, 4) is 0 Å². The van der Waals surface area contributed by atoms with Crippen LogP contribution in [0.15, 0.2) is 30.3 Å². The lowest BCUT2D eigenvalue weighted by atomic mass is 10.3. The third kappa shape index (κ3) is 4.24. The summed E-state index contributed by atoms with van der Waals surface area (Å²) in [6.45, 7) is 0. The Morgan fingerprint density at radius 3 is 1.50 bits per heavy atom. The minimum absolute atomic E-state index is 0. The van der Waals surface area contributed by atoms with Gasteiger partial charge < -0.3 is 34.0 Å². The number of benzene rings is 1. The average Bonchev–Trinajstić information content (AvgIpc) is 1.88. The molecule has 0 aliphatic heterocycles. The largest absolute Gasteiger partial charge is 1.00 e. The SMILES string of the molecule is C[N+](C)(C)c1ccccc1.[Br-].[Br-]. The highest BCUT2D eigenvalue weighted by atomic mass is 79.9. The zero-order chi connectivity index (χ0) is 7.61. The molecule has 0 amide bonds. The van der Waals surface area contributed by atoms with Crippen molar-refractivity contribution in [2.45, 2.75) is 0 Å². The standard InChI is InChI=1S/C9H14N.2BrH/c1-10(2,3)9-7-5-4-6-8-9;;/h4-8H,1-3H3;2*1H/q+1;;/p-2. The molecular formula is C9H14Br2N-. The highest BCUT2D eigenvalue weighted by Crippen LogP contribution is 2.14. The van der Waals surface area contributed by atoms with E-state index in [9.17, 15) is 0 Å². The van der Waals surface area contributed by atoms with Crippen molar-refractivity contribution in [3.63, 3.8) is 0 Å². The third-order valence-electron chi connectivity index (χ3n) is 1.53. The number of quaternary nitrogens is 1. The van der Waals surface area contributed by atoms with Crippen LogP contribution in [0.25, 0.3) is 0 Å². The average molecular weight is 296 g/mol. The van der Waals surface area contributed by atoms with Crippen LogP contribution in [0.5, 0.6) is 0 Å². The van der Waals surface area contributed by atoms with E-state index in [1.165, 1.54) is 5.69 Å². The van der Waals surface area contributed by atoms with Gasteiger partial charge in [0.05, 0.1) is 21.1 Å². The lowest BCUT2D eigenvalue weighted by Gasteiger charge is -2.22. The van der Waals surface area contributed by atoms with Crippen LogP contribution in [-0.4, -0.2) is 21.1 Å². The van der Waals surface area contributed by atoms with Crippen molar-refractivity contribution in [1.82, 2.24) is 4.48 Å². The Balaban J connectivity index is 0. The first-order valence-electron chi connectivity index (χ1n) is 3.48. The molecule has 0 atom stereocenters. The summed E-state index contributed by atoms with van der Waals surface area (Å²) in [6.07, 6.45) is 0. The van der Waals surface area contributed by atoms with E-state index >= 15 is 0 Å². The molecule has 12 heavy (non-hydrogen) atoms. The van der Waals surface area contributed by atoms with Crippen LogP contribution in [0, 0.1) is 0 Å². The van der Waals surface area contributed by atoms with Crippen LogP contribution >= 0.6 is 0 Å². The maximum absolute atomic E-state index is 2.16. The van der Waals surface area contributed by atoms with Gasteiger partial charge in [-0.2, -0.15) is 0 Å². The second-order valence-electron chi connectivity index (χ2n) is 3.35. The van der Waals surface area contributed by atoms with Crippen LogP contribution in [-0.2, 0) is 0 Å². The number of rotatable bonds is 1. The second kappa shape index (κ2) is 5.73. The summed E-state index contributed by atoms with van der Waals surface area (Å²) in [4.78, 5) is 0. The molecule has 0 radical (unpaired) electrons. The molecule has 1 aromatic rings. The summed E-state index contributed by atoms with van der Waals surface area (Å²) < 4.78 is 0.890. The molecule has 0 saturated heterocycles. The molecule has 0 aromatic heterocycles. The topological polar surface area (TPSA) is 0 Å². The van der Waals surface area contributed by atoms with E-state index in [0.29, 0.717) is 0 Å². The van der Waals surface area contributed by atoms with Gasteiger partial charge in [-0.25, -0.2) is 0 Å². The minimum Gasteiger partial charge on any atom is -1.00 e. The summed E-state index contributed by atoms with van der Waals surface area (Å²) in [7, 11) is 6.49. The smallest absolute Gasteiger partial charge is 0.132 e. The fraction of sp³-hybridized carbons (Fsp3) is 0.333. The monoisotopic (exact) mass is 294 g/mol. The summed E-state index contributed by atoms with van der Waals surface area (Å²) >= 11 is 0. The van der Waals surface area contributed by atoms with Gasteiger partial charge in [0.15, 0.2) is 0 Å². The van der Waals surface area contributed by atoms with Gasteiger partial charge in [0.1, 0.15) is 5.69 Å². The highest BCUT2D eigenvalue weighted by molar-refractivity contribution is 5.40. The first-order valence-corrected chi connectivity index (χ1v) is 3.48. The van der Waals surface area contributed by atoms with Gasteiger partial charge in [-0.05, 0) is 12.1 Å². The Kier molecular flexibility index (Phi) is 7.00. The first-order chi connectivity index (χ1) is 4.61. The molecule has 70 valence electrons. The van der Waals surface area contributed by atoms with Crippen molar-refractivity contribution < 1.29 is 34.0 Å². The second-order valence-corrected chi connectivity index (χ2v) is 3.35. The molecule has 0 heterocycles. The number of hydrogen-bond acceptors (Lipinski definition) is 0. The summed E-state index contributed by atoms with van der Waals surface area (Å²) in [6, 6.07) is 10.5. The van der Waals surface area contributed by atoms with Crippen LogP contribution in [0.3, 0.4) is 0 Å². The molecule has 0 N–H and O–H groups in total. The Morgan fingerprint density at radius 2 is 1.25 bits per heavy atom. The van der Waals surface area contributed by atoms with Gasteiger partial charge >= 0.3 is 0 Å². The van der Waals surface area contributed by atoms with Gasteiger partial charge in [-0.3, -0.25) is 4.48 Å². The molecule has 0 aliphatic rings. The molecule has 0 spiro atoms. The fourth-order valence-corrected chi connectivity index (χ4v) is 0.875. The number of halogens is 2. The number of para-hydroxylation sites is 1. The number of hydrogen-bond donors (Lipinski definition) is 0. The van der Waals surface area contributed by atoms with E-state index in [1.807, 2.05) is 6.07 Å². The van der Waals surface area contributed by atoms with E-state index in [4.69, 9.17) is 0 Å². The van der Waals surface area contributed by atoms with E-state index < -0.39 is 0 Å². The summed E-state index contributed by atoms with van der Waals surface area (Å²) in [5.74, 6) is 0. The maximum Gasteiger partial charge on any atom is 0.132 e. The van der Waals surface area contributed by atoms with Crippen LogP contribution in [0.1, 0.15) is 0 Å². The Hall–Kier alpha value is 0.140. The van der Waals surface area contributed by atoms with Crippen molar-refractivity contribution in [2.24, 2.45) is 0 Å². The van der Waals surface area contributed by atoms with E-state index in [-0.39, 0.29) is 34.0 Å². The van der Waals surface area contributed by atoms with Gasteiger partial charge in [0.2, 0.25) is 0 Å². The van der Waals surface area contributed by atoms with Crippen LogP contribution in [0.4, 0.5) is 5.69 Å². The van der Waals surface area contributed by atoms with Crippen molar-refractivity contribution >= 4 is 5.69 Å². The van der Waals surface area contributed by atoms with E-state index in [0.717, 1.165) is 4.48 Å². The normalized spacial score (nSPS) is 9.58. The molecule has 1 nitrogen and oxygen atoms in total. The van der Waals surface area contributed by atoms with Gasteiger partial charge in [0, 0.05) is 0 Å². The molecular weight excluding hydrogens is 282 g/mol. The third-order valence-corrected chi connectivity index (χ3v) is 1.53. The predicted octanol–water partition coefficient (Wildman–Crippen LogP) is -4.11. The first kappa shape index (κ1) is 14.7. The van der Waals surface area contributed by atoms with Crippen molar-refractivity contribution in [3.05, 3.63) is 30.3 Å². The van der Waals surface area contributed by atoms with Gasteiger partial charge in [-0.1, -0.05) is 18.2 Å². The molecule has 0 bridgehead atoms. The Bertz CT molecular complexity index is 204. The molecule has 0 aliphatic carbocycles. The van der Waals surface area contributed by atoms with E-state index in [2.05, 4.69) is 45.4 Å². The highest BCUT2D eigenvalue weighted by Gasteiger charge is 2.08. The van der Waals surface area contributed by atoms with Gasteiger partial charge in [-0.15, -0.1) is 0 Å². The lowest BCUT2D eigenvalue weighted by Crippen LogP contribution is -3.00. The minimum atomic E-state index is 0. The maximum atomic E-state index is 2.16. The fourth-order valence-electron chi connectivity index (χ4n) is 0.875. The Labute approximate surface area is 95.5 Å². The molecule has 1 rings (SSSR count). The molecule has 0 fully saturated rings. The summed E-state index contributed by atoms with van der Waals surface area (Å²) in [5, 5.41) is 0. The van der Waals surface area contributed by atoms with Crippen molar-refractivity contribution in [2.75, 3.05) is 21.1 Å². The Morgan fingerprint density at radius 1 is 0.833 bits per heavy atom. The van der Waals surface area contributed by atoms with Crippen molar-refractivity contribution in [1.29, 1.82) is 0 Å². The summed E-state index contributed by atoms with van der Waals surface area (Å²) in [5.41, 5.74) is 1.34. The predicted molar refractivity (Wildman–Crippen MR) is 46.0 cm³/mol. The van der Waals surface area contributed by atoms with Crippen LogP contribution < -0.4 is 38.4 Å². The molecule has 1 aromatic carbocycles. The zero-order valence-electron chi connectivity index (χ0n) is 7.59. The van der Waals surface area contributed by atoms with E-state index in [1.54, 1.807) is 0 Å². The van der Waals surface area contributed by atoms with Gasteiger partial charge in [0.25, 0.3) is 0 Å². The quantitative estimate of drug-likeness (QED) is 0.462. The molecule has 0 saturated carbocycles. The molecule has 3 heteroatoms. The number of nitrogens with zero attached hydrogens (tertiary/aromatic N) is 1. The lowest BCUT2D eigenvalue weighted by molar-refractivity contribution is -0.001000. The van der Waals surface area contributed by atoms with Crippen LogP contribution in [0.2, 0.25) is 0 Å².